The molecule has 0 saturated heterocycles. The van der Waals surface area contributed by atoms with Gasteiger partial charge >= 0.3 is 0 Å². The van der Waals surface area contributed by atoms with Crippen molar-refractivity contribution in [1.82, 2.24) is 5.32 Å². The van der Waals surface area contributed by atoms with Gasteiger partial charge in [0.1, 0.15) is 11.5 Å². The fourth-order valence-electron chi connectivity index (χ4n) is 2.15. The summed E-state index contributed by atoms with van der Waals surface area (Å²) in [5.74, 6) is 1.67. The van der Waals surface area contributed by atoms with E-state index in [2.05, 4.69) is 32.2 Å². The molecule has 0 radical (unpaired) electrons. The average molecular weight is 295 g/mol. The van der Waals surface area contributed by atoms with Crippen molar-refractivity contribution in [3.05, 3.63) is 23.8 Å². The van der Waals surface area contributed by atoms with Gasteiger partial charge in [0.05, 0.1) is 20.3 Å². The zero-order valence-corrected chi connectivity index (χ0v) is 13.9. The van der Waals surface area contributed by atoms with Gasteiger partial charge in [0.25, 0.3) is 0 Å². The van der Waals surface area contributed by atoms with Gasteiger partial charge < -0.3 is 19.5 Å². The second kappa shape index (κ2) is 9.64. The smallest absolute Gasteiger partial charge is 0.127 e. The maximum atomic E-state index is 5.53. The standard InChI is InChI=1S/C17H29NO3/c1-13(2)21-11-7-6-10-18-14(3)16-9-8-15(19-4)12-17(16)20-5/h8-9,12-14,18H,6-7,10-11H2,1-5H3. The minimum Gasteiger partial charge on any atom is -0.497 e. The summed E-state index contributed by atoms with van der Waals surface area (Å²) in [5.41, 5.74) is 1.15. The minimum atomic E-state index is 0.247. The van der Waals surface area contributed by atoms with E-state index in [1.54, 1.807) is 14.2 Å². The van der Waals surface area contributed by atoms with Crippen LogP contribution in [0.1, 0.15) is 45.2 Å². The summed E-state index contributed by atoms with van der Waals surface area (Å²) in [5, 5.41) is 3.52. The second-order valence-electron chi connectivity index (χ2n) is 5.41. The van der Waals surface area contributed by atoms with Gasteiger partial charge in [-0.25, -0.2) is 0 Å². The van der Waals surface area contributed by atoms with Gasteiger partial charge in [-0.2, -0.15) is 0 Å². The Morgan fingerprint density at radius 1 is 1.05 bits per heavy atom. The topological polar surface area (TPSA) is 39.7 Å². The molecule has 1 unspecified atom stereocenters. The fourth-order valence-corrected chi connectivity index (χ4v) is 2.15. The minimum absolute atomic E-state index is 0.247. The van der Waals surface area contributed by atoms with Crippen LogP contribution < -0.4 is 14.8 Å². The number of hydrogen-bond acceptors (Lipinski definition) is 4. The van der Waals surface area contributed by atoms with Crippen molar-refractivity contribution >= 4 is 0 Å². The van der Waals surface area contributed by atoms with Crippen LogP contribution in [0.3, 0.4) is 0 Å². The van der Waals surface area contributed by atoms with Crippen LogP contribution in [0.2, 0.25) is 0 Å². The normalized spacial score (nSPS) is 12.5. The maximum absolute atomic E-state index is 5.53. The van der Waals surface area contributed by atoms with E-state index in [0.29, 0.717) is 6.10 Å². The van der Waals surface area contributed by atoms with Crippen LogP contribution in [0.25, 0.3) is 0 Å². The largest absolute Gasteiger partial charge is 0.497 e. The van der Waals surface area contributed by atoms with Gasteiger partial charge in [0, 0.05) is 24.3 Å². The van der Waals surface area contributed by atoms with Crippen LogP contribution in [0, 0.1) is 0 Å². The van der Waals surface area contributed by atoms with E-state index in [-0.39, 0.29) is 6.04 Å². The number of hydrogen-bond donors (Lipinski definition) is 1. The first-order valence-electron chi connectivity index (χ1n) is 7.65. The van der Waals surface area contributed by atoms with Gasteiger partial charge in [-0.05, 0) is 46.2 Å². The molecular weight excluding hydrogens is 266 g/mol. The summed E-state index contributed by atoms with van der Waals surface area (Å²) in [6.45, 7) is 8.08. The summed E-state index contributed by atoms with van der Waals surface area (Å²) < 4.78 is 16.2. The number of benzene rings is 1. The number of nitrogens with one attached hydrogen (secondary N) is 1. The Balaban J connectivity index is 2.39. The highest BCUT2D eigenvalue weighted by atomic mass is 16.5. The predicted octanol–water partition coefficient (Wildman–Crippen LogP) is 3.56. The first-order chi connectivity index (χ1) is 10.1. The predicted molar refractivity (Wildman–Crippen MR) is 86.3 cm³/mol. The molecule has 4 heteroatoms. The molecule has 0 aliphatic rings. The molecule has 4 nitrogen and oxygen atoms in total. The Labute approximate surface area is 128 Å². The van der Waals surface area contributed by atoms with E-state index >= 15 is 0 Å². The van der Waals surface area contributed by atoms with E-state index in [1.165, 1.54) is 0 Å². The first kappa shape index (κ1) is 17.8. The molecule has 0 bridgehead atoms. The first-order valence-corrected chi connectivity index (χ1v) is 7.65. The van der Waals surface area contributed by atoms with Crippen molar-refractivity contribution in [3.63, 3.8) is 0 Å². The summed E-state index contributed by atoms with van der Waals surface area (Å²) in [7, 11) is 3.35. The quantitative estimate of drug-likeness (QED) is 0.670. The fraction of sp³-hybridized carbons (Fsp3) is 0.647. The van der Waals surface area contributed by atoms with E-state index < -0.39 is 0 Å². The maximum Gasteiger partial charge on any atom is 0.127 e. The van der Waals surface area contributed by atoms with Gasteiger partial charge in [-0.3, -0.25) is 0 Å². The van der Waals surface area contributed by atoms with Crippen molar-refractivity contribution < 1.29 is 14.2 Å². The third kappa shape index (κ3) is 6.36. The van der Waals surface area contributed by atoms with Crippen LogP contribution in [-0.4, -0.2) is 33.5 Å². The zero-order valence-electron chi connectivity index (χ0n) is 13.9. The van der Waals surface area contributed by atoms with Gasteiger partial charge in [-0.15, -0.1) is 0 Å². The lowest BCUT2D eigenvalue weighted by atomic mass is 10.1. The van der Waals surface area contributed by atoms with Crippen molar-refractivity contribution in [3.8, 4) is 11.5 Å². The van der Waals surface area contributed by atoms with Crippen LogP contribution in [0.15, 0.2) is 18.2 Å². The Hall–Kier alpha value is -1.26. The second-order valence-corrected chi connectivity index (χ2v) is 5.41. The van der Waals surface area contributed by atoms with Gasteiger partial charge in [0.2, 0.25) is 0 Å². The number of rotatable bonds is 10. The van der Waals surface area contributed by atoms with Crippen LogP contribution >= 0.6 is 0 Å². The molecule has 0 fully saturated rings. The Bertz CT molecular complexity index is 407. The van der Waals surface area contributed by atoms with Crippen molar-refractivity contribution in [2.24, 2.45) is 0 Å². The lowest BCUT2D eigenvalue weighted by Gasteiger charge is -2.18. The molecule has 1 aromatic carbocycles. The summed E-state index contributed by atoms with van der Waals surface area (Å²) >= 11 is 0. The summed E-state index contributed by atoms with van der Waals surface area (Å²) in [6.07, 6.45) is 2.51. The molecule has 21 heavy (non-hydrogen) atoms. The van der Waals surface area contributed by atoms with Crippen LogP contribution in [0.5, 0.6) is 11.5 Å². The van der Waals surface area contributed by atoms with Crippen molar-refractivity contribution in [2.45, 2.75) is 45.8 Å². The third-order valence-electron chi connectivity index (χ3n) is 3.38. The van der Waals surface area contributed by atoms with E-state index in [1.807, 2.05) is 12.1 Å². The zero-order chi connectivity index (χ0) is 15.7. The molecule has 0 aliphatic heterocycles. The number of methoxy groups -OCH3 is 2. The number of ether oxygens (including phenoxy) is 3. The highest BCUT2D eigenvalue weighted by Crippen LogP contribution is 2.29. The molecule has 0 aliphatic carbocycles. The van der Waals surface area contributed by atoms with Crippen LogP contribution in [-0.2, 0) is 4.74 Å². The van der Waals surface area contributed by atoms with Crippen molar-refractivity contribution in [2.75, 3.05) is 27.4 Å². The molecular formula is C17H29NO3. The average Bonchev–Trinajstić information content (AvgIpc) is 2.49. The molecule has 1 aromatic rings. The Morgan fingerprint density at radius 3 is 2.43 bits per heavy atom. The molecule has 1 N–H and O–H groups in total. The molecule has 120 valence electrons. The molecule has 0 amide bonds. The monoisotopic (exact) mass is 295 g/mol. The van der Waals surface area contributed by atoms with Gasteiger partial charge in [0.15, 0.2) is 0 Å². The molecule has 1 atom stereocenters. The van der Waals surface area contributed by atoms with E-state index in [0.717, 1.165) is 43.1 Å². The lowest BCUT2D eigenvalue weighted by Crippen LogP contribution is -2.21. The third-order valence-corrected chi connectivity index (χ3v) is 3.38. The van der Waals surface area contributed by atoms with Gasteiger partial charge in [-0.1, -0.05) is 6.07 Å². The van der Waals surface area contributed by atoms with E-state index in [4.69, 9.17) is 14.2 Å². The summed E-state index contributed by atoms with van der Waals surface area (Å²) in [6, 6.07) is 6.19. The molecule has 0 heterocycles. The summed E-state index contributed by atoms with van der Waals surface area (Å²) in [4.78, 5) is 0. The molecule has 0 aromatic heterocycles. The SMILES string of the molecule is COc1ccc(C(C)NCCCCOC(C)C)c(OC)c1. The Kier molecular flexibility index (Phi) is 8.16. The highest BCUT2D eigenvalue weighted by molar-refractivity contribution is 5.42. The van der Waals surface area contributed by atoms with Crippen LogP contribution in [0.4, 0.5) is 0 Å². The Morgan fingerprint density at radius 2 is 1.81 bits per heavy atom. The molecule has 1 rings (SSSR count). The molecule has 0 spiro atoms. The lowest BCUT2D eigenvalue weighted by molar-refractivity contribution is 0.0759. The number of unbranched alkanes of at least 4 members (excludes halogenated alkanes) is 1. The molecule has 0 saturated carbocycles. The van der Waals surface area contributed by atoms with E-state index in [9.17, 15) is 0 Å². The van der Waals surface area contributed by atoms with Crippen molar-refractivity contribution in [1.29, 1.82) is 0 Å². The highest BCUT2D eigenvalue weighted by Gasteiger charge is 2.11.